The molecule has 2 rings (SSSR count). The van der Waals surface area contributed by atoms with E-state index in [4.69, 9.17) is 19.9 Å². The summed E-state index contributed by atoms with van der Waals surface area (Å²) in [4.78, 5) is 8.24. The summed E-state index contributed by atoms with van der Waals surface area (Å²) < 4.78 is 15.8. The molecule has 0 unspecified atom stereocenters. The molecule has 0 aliphatic heterocycles. The van der Waals surface area contributed by atoms with Crippen molar-refractivity contribution in [1.82, 2.24) is 9.97 Å². The van der Waals surface area contributed by atoms with Crippen LogP contribution in [0.1, 0.15) is 0 Å². The quantitative estimate of drug-likeness (QED) is 0.757. The largest absolute Gasteiger partial charge is 0.475 e. The van der Waals surface area contributed by atoms with Crippen LogP contribution in [0.5, 0.6) is 5.88 Å². The number of para-hydroxylation sites is 1. The van der Waals surface area contributed by atoms with Crippen LogP contribution in [0, 0.1) is 0 Å². The lowest BCUT2D eigenvalue weighted by Gasteiger charge is -2.09. The van der Waals surface area contributed by atoms with Gasteiger partial charge in [-0.2, -0.15) is 4.98 Å². The van der Waals surface area contributed by atoms with Crippen molar-refractivity contribution in [3.63, 3.8) is 0 Å². The van der Waals surface area contributed by atoms with Crippen LogP contribution in [0.2, 0.25) is 0 Å². The van der Waals surface area contributed by atoms with Crippen LogP contribution in [-0.2, 0) is 9.47 Å². The Morgan fingerprint density at radius 1 is 1.05 bits per heavy atom. The Bertz CT molecular complexity index is 534. The molecule has 0 radical (unpaired) electrons. The standard InChI is InChI=1S/C13H17N3O3/c1-17-6-7-18-8-9-19-12-10-4-2-3-5-11(10)15-13(14)16-12/h2-5H,6-9H2,1H3,(H2,14,15,16). The van der Waals surface area contributed by atoms with Crippen molar-refractivity contribution in [2.24, 2.45) is 0 Å². The maximum atomic E-state index is 5.64. The first-order valence-corrected chi connectivity index (χ1v) is 6.03. The van der Waals surface area contributed by atoms with E-state index < -0.39 is 0 Å². The van der Waals surface area contributed by atoms with E-state index in [1.165, 1.54) is 0 Å². The molecule has 0 fully saturated rings. The highest BCUT2D eigenvalue weighted by molar-refractivity contribution is 5.84. The van der Waals surface area contributed by atoms with Crippen molar-refractivity contribution in [3.8, 4) is 5.88 Å². The Hall–Kier alpha value is -1.92. The van der Waals surface area contributed by atoms with E-state index in [0.29, 0.717) is 32.3 Å². The van der Waals surface area contributed by atoms with Crippen LogP contribution in [0.4, 0.5) is 5.95 Å². The van der Waals surface area contributed by atoms with Gasteiger partial charge >= 0.3 is 0 Å². The zero-order valence-corrected chi connectivity index (χ0v) is 10.8. The lowest BCUT2D eigenvalue weighted by Crippen LogP contribution is -2.11. The van der Waals surface area contributed by atoms with Gasteiger partial charge < -0.3 is 19.9 Å². The number of nitrogens with two attached hydrogens (primary N) is 1. The van der Waals surface area contributed by atoms with Gasteiger partial charge in [-0.25, -0.2) is 4.98 Å². The molecule has 1 aromatic carbocycles. The average molecular weight is 263 g/mol. The zero-order valence-electron chi connectivity index (χ0n) is 10.8. The lowest BCUT2D eigenvalue weighted by molar-refractivity contribution is 0.0540. The number of aromatic nitrogens is 2. The molecule has 0 aliphatic carbocycles. The Kier molecular flexibility index (Phi) is 4.88. The Balaban J connectivity index is 1.96. The third kappa shape index (κ3) is 3.77. The van der Waals surface area contributed by atoms with Crippen LogP contribution >= 0.6 is 0 Å². The minimum Gasteiger partial charge on any atom is -0.475 e. The van der Waals surface area contributed by atoms with Crippen LogP contribution < -0.4 is 10.5 Å². The molecule has 0 atom stereocenters. The summed E-state index contributed by atoms with van der Waals surface area (Å²) in [5.74, 6) is 0.687. The summed E-state index contributed by atoms with van der Waals surface area (Å²) in [6, 6.07) is 7.57. The van der Waals surface area contributed by atoms with Crippen LogP contribution in [0.15, 0.2) is 24.3 Å². The van der Waals surface area contributed by atoms with Gasteiger partial charge in [0, 0.05) is 7.11 Å². The number of methoxy groups -OCH3 is 1. The van der Waals surface area contributed by atoms with Crippen molar-refractivity contribution < 1.29 is 14.2 Å². The molecular weight excluding hydrogens is 246 g/mol. The first-order valence-electron chi connectivity index (χ1n) is 6.03. The minimum atomic E-state index is 0.203. The molecule has 0 amide bonds. The smallest absolute Gasteiger partial charge is 0.226 e. The Morgan fingerprint density at radius 2 is 1.84 bits per heavy atom. The molecule has 0 saturated carbocycles. The van der Waals surface area contributed by atoms with Gasteiger partial charge in [0.05, 0.1) is 30.7 Å². The summed E-state index contributed by atoms with van der Waals surface area (Å²) in [5.41, 5.74) is 6.41. The minimum absolute atomic E-state index is 0.203. The number of hydrogen-bond acceptors (Lipinski definition) is 6. The molecule has 0 saturated heterocycles. The molecule has 0 bridgehead atoms. The van der Waals surface area contributed by atoms with Crippen molar-refractivity contribution in [3.05, 3.63) is 24.3 Å². The summed E-state index contributed by atoms with van der Waals surface area (Å²) in [6.45, 7) is 2.00. The SMILES string of the molecule is COCCOCCOc1nc(N)nc2ccccc12. The van der Waals surface area contributed by atoms with E-state index in [1.54, 1.807) is 7.11 Å². The predicted octanol–water partition coefficient (Wildman–Crippen LogP) is 1.25. The molecule has 0 aliphatic rings. The molecule has 6 nitrogen and oxygen atoms in total. The van der Waals surface area contributed by atoms with Gasteiger partial charge in [0.15, 0.2) is 0 Å². The molecule has 2 N–H and O–H groups in total. The van der Waals surface area contributed by atoms with Crippen molar-refractivity contribution in [2.75, 3.05) is 39.3 Å². The van der Waals surface area contributed by atoms with Crippen LogP contribution in [0.25, 0.3) is 10.9 Å². The number of fused-ring (bicyclic) bond motifs is 1. The second-order valence-corrected chi connectivity index (χ2v) is 3.86. The number of anilines is 1. The Labute approximate surface area is 111 Å². The monoisotopic (exact) mass is 263 g/mol. The van der Waals surface area contributed by atoms with Crippen LogP contribution in [-0.4, -0.2) is 43.5 Å². The zero-order chi connectivity index (χ0) is 13.5. The Morgan fingerprint density at radius 3 is 2.68 bits per heavy atom. The number of rotatable bonds is 7. The summed E-state index contributed by atoms with van der Waals surface area (Å²) in [6.07, 6.45) is 0. The maximum absolute atomic E-state index is 5.64. The topological polar surface area (TPSA) is 79.5 Å². The van der Waals surface area contributed by atoms with E-state index >= 15 is 0 Å². The highest BCUT2D eigenvalue weighted by atomic mass is 16.5. The van der Waals surface area contributed by atoms with Gasteiger partial charge in [0.25, 0.3) is 0 Å². The van der Waals surface area contributed by atoms with Gasteiger partial charge in [-0.3, -0.25) is 0 Å². The van der Waals surface area contributed by atoms with Gasteiger partial charge in [-0.05, 0) is 12.1 Å². The van der Waals surface area contributed by atoms with E-state index in [9.17, 15) is 0 Å². The second kappa shape index (κ2) is 6.86. The lowest BCUT2D eigenvalue weighted by atomic mass is 10.2. The maximum Gasteiger partial charge on any atom is 0.226 e. The molecule has 102 valence electrons. The number of nitrogens with zero attached hydrogens (tertiary/aromatic N) is 2. The summed E-state index contributed by atoms with van der Waals surface area (Å²) in [7, 11) is 1.63. The first-order chi connectivity index (χ1) is 9.31. The van der Waals surface area contributed by atoms with E-state index in [0.717, 1.165) is 10.9 Å². The normalized spacial score (nSPS) is 10.8. The van der Waals surface area contributed by atoms with Gasteiger partial charge in [-0.1, -0.05) is 12.1 Å². The fourth-order valence-electron chi connectivity index (χ4n) is 1.62. The summed E-state index contributed by atoms with van der Waals surface area (Å²) in [5, 5.41) is 0.841. The van der Waals surface area contributed by atoms with Gasteiger partial charge in [-0.15, -0.1) is 0 Å². The third-order valence-corrected chi connectivity index (χ3v) is 2.48. The van der Waals surface area contributed by atoms with Crippen molar-refractivity contribution >= 4 is 16.9 Å². The molecule has 1 aromatic heterocycles. The third-order valence-electron chi connectivity index (χ3n) is 2.48. The van der Waals surface area contributed by atoms with Crippen molar-refractivity contribution in [1.29, 1.82) is 0 Å². The highest BCUT2D eigenvalue weighted by Gasteiger charge is 2.06. The number of benzene rings is 1. The molecule has 2 aromatic rings. The fraction of sp³-hybridized carbons (Fsp3) is 0.385. The van der Waals surface area contributed by atoms with E-state index in [1.807, 2.05) is 24.3 Å². The predicted molar refractivity (Wildman–Crippen MR) is 72.1 cm³/mol. The van der Waals surface area contributed by atoms with E-state index in [2.05, 4.69) is 9.97 Å². The molecule has 1 heterocycles. The molecular formula is C13H17N3O3. The number of ether oxygens (including phenoxy) is 3. The van der Waals surface area contributed by atoms with Crippen molar-refractivity contribution in [2.45, 2.75) is 0 Å². The van der Waals surface area contributed by atoms with Gasteiger partial charge in [0.1, 0.15) is 6.61 Å². The highest BCUT2D eigenvalue weighted by Crippen LogP contribution is 2.22. The fourth-order valence-corrected chi connectivity index (χ4v) is 1.62. The molecule has 6 heteroatoms. The molecule has 0 spiro atoms. The average Bonchev–Trinajstić information content (AvgIpc) is 2.42. The number of hydrogen-bond donors (Lipinski definition) is 1. The van der Waals surface area contributed by atoms with Gasteiger partial charge in [0.2, 0.25) is 11.8 Å². The van der Waals surface area contributed by atoms with Crippen LogP contribution in [0.3, 0.4) is 0 Å². The molecule has 19 heavy (non-hydrogen) atoms. The van der Waals surface area contributed by atoms with E-state index in [-0.39, 0.29) is 5.95 Å². The number of nitrogen functional groups attached to an aromatic ring is 1. The summed E-state index contributed by atoms with van der Waals surface area (Å²) >= 11 is 0. The first kappa shape index (κ1) is 13.5. The second-order valence-electron chi connectivity index (χ2n) is 3.86.